The first-order valence-electron chi connectivity index (χ1n) is 10.5. The molecule has 28 heavy (non-hydrogen) atoms. The molecule has 0 spiro atoms. The van der Waals surface area contributed by atoms with E-state index < -0.39 is 0 Å². The largest absolute Gasteiger partial charge is 0.378 e. The van der Waals surface area contributed by atoms with Crippen molar-refractivity contribution in [2.24, 2.45) is 10.9 Å². The molecule has 0 radical (unpaired) electrons. The molecular formula is C22H31FN4O. The third kappa shape index (κ3) is 5.68. The number of rotatable bonds is 6. The number of hydrogen-bond donors (Lipinski definition) is 1. The van der Waals surface area contributed by atoms with E-state index in [2.05, 4.69) is 21.3 Å². The number of likely N-dealkylation sites (tertiary alicyclic amines) is 1. The summed E-state index contributed by atoms with van der Waals surface area (Å²) in [5.41, 5.74) is 0.904. The molecule has 0 atom stereocenters. The summed E-state index contributed by atoms with van der Waals surface area (Å²) in [5.74, 6) is 1.24. The Morgan fingerprint density at radius 3 is 2.71 bits per heavy atom. The first-order valence-corrected chi connectivity index (χ1v) is 10.5. The minimum absolute atomic E-state index is 0.224. The highest BCUT2D eigenvalue weighted by Gasteiger charge is 2.24. The van der Waals surface area contributed by atoms with Crippen LogP contribution in [0.2, 0.25) is 0 Å². The number of nitrogens with zero attached hydrogens (tertiary/aromatic N) is 3. The zero-order valence-corrected chi connectivity index (χ0v) is 16.8. The number of nitriles is 1. The van der Waals surface area contributed by atoms with E-state index in [-0.39, 0.29) is 12.4 Å². The van der Waals surface area contributed by atoms with Gasteiger partial charge in [-0.15, -0.1) is 0 Å². The molecular weight excluding hydrogens is 355 g/mol. The van der Waals surface area contributed by atoms with Gasteiger partial charge in [-0.2, -0.15) is 5.26 Å². The standard InChI is InChI=1S/C22H31FN4O/c1-2-25-22(26-15-19-13-18(14-24)7-8-21(19)23)27-11-9-20(10-12-27)28-16-17-5-3-4-6-17/h7-8,13,17,20H,2-6,9-12,15-16H2,1H3,(H,25,26). The molecule has 1 heterocycles. The maximum atomic E-state index is 14.0. The van der Waals surface area contributed by atoms with Gasteiger partial charge < -0.3 is 15.0 Å². The van der Waals surface area contributed by atoms with Crippen LogP contribution in [-0.4, -0.2) is 43.2 Å². The number of hydrogen-bond acceptors (Lipinski definition) is 3. The SMILES string of the molecule is CCNC(=NCc1cc(C#N)ccc1F)N1CCC(OCC2CCCC2)CC1. The van der Waals surface area contributed by atoms with E-state index in [9.17, 15) is 4.39 Å². The molecule has 6 heteroatoms. The molecule has 0 aromatic heterocycles. The van der Waals surface area contributed by atoms with Gasteiger partial charge in [-0.05, 0) is 56.7 Å². The fourth-order valence-electron chi connectivity index (χ4n) is 4.03. The highest BCUT2D eigenvalue weighted by Crippen LogP contribution is 2.26. The van der Waals surface area contributed by atoms with Gasteiger partial charge in [0.25, 0.3) is 0 Å². The van der Waals surface area contributed by atoms with Gasteiger partial charge in [-0.3, -0.25) is 0 Å². The Labute approximate surface area is 167 Å². The van der Waals surface area contributed by atoms with Gasteiger partial charge in [0.15, 0.2) is 5.96 Å². The quantitative estimate of drug-likeness (QED) is 0.596. The molecule has 152 valence electrons. The van der Waals surface area contributed by atoms with E-state index in [0.717, 1.165) is 51.0 Å². The smallest absolute Gasteiger partial charge is 0.194 e. The summed E-state index contributed by atoms with van der Waals surface area (Å²) in [4.78, 5) is 6.85. The van der Waals surface area contributed by atoms with Crippen molar-refractivity contribution in [1.29, 1.82) is 5.26 Å². The van der Waals surface area contributed by atoms with Crippen molar-refractivity contribution < 1.29 is 9.13 Å². The highest BCUT2D eigenvalue weighted by molar-refractivity contribution is 5.80. The summed E-state index contributed by atoms with van der Waals surface area (Å²) in [6, 6.07) is 6.45. The van der Waals surface area contributed by atoms with Crippen LogP contribution in [0.5, 0.6) is 0 Å². The number of guanidine groups is 1. The van der Waals surface area contributed by atoms with Gasteiger partial charge in [0, 0.05) is 31.8 Å². The van der Waals surface area contributed by atoms with Gasteiger partial charge in [-0.1, -0.05) is 12.8 Å². The number of nitrogens with one attached hydrogen (secondary N) is 1. The Balaban J connectivity index is 1.54. The molecule has 0 unspecified atom stereocenters. The molecule has 0 amide bonds. The van der Waals surface area contributed by atoms with Crippen LogP contribution in [0.4, 0.5) is 4.39 Å². The molecule has 1 aliphatic heterocycles. The number of ether oxygens (including phenoxy) is 1. The Morgan fingerprint density at radius 1 is 1.29 bits per heavy atom. The number of piperidine rings is 1. The Morgan fingerprint density at radius 2 is 2.04 bits per heavy atom. The second-order valence-corrected chi connectivity index (χ2v) is 7.76. The lowest BCUT2D eigenvalue weighted by Crippen LogP contribution is -2.47. The fraction of sp³-hybridized carbons (Fsp3) is 0.636. The molecule has 2 fully saturated rings. The van der Waals surface area contributed by atoms with E-state index in [1.807, 2.05) is 6.92 Å². The van der Waals surface area contributed by atoms with Crippen molar-refractivity contribution >= 4 is 5.96 Å². The lowest BCUT2D eigenvalue weighted by molar-refractivity contribution is 0.00101. The van der Waals surface area contributed by atoms with E-state index in [4.69, 9.17) is 10.00 Å². The van der Waals surface area contributed by atoms with Crippen LogP contribution < -0.4 is 5.32 Å². The van der Waals surface area contributed by atoms with Crippen LogP contribution in [0.15, 0.2) is 23.2 Å². The van der Waals surface area contributed by atoms with Gasteiger partial charge in [0.2, 0.25) is 0 Å². The second kappa shape index (κ2) is 10.4. The molecule has 0 bridgehead atoms. The predicted octanol–water partition coefficient (Wildman–Crippen LogP) is 3.83. The van der Waals surface area contributed by atoms with Gasteiger partial charge >= 0.3 is 0 Å². The average molecular weight is 387 g/mol. The van der Waals surface area contributed by atoms with Crippen LogP contribution in [0.25, 0.3) is 0 Å². The first kappa shape index (κ1) is 20.6. The first-order chi connectivity index (χ1) is 13.7. The Kier molecular flexibility index (Phi) is 7.67. The average Bonchev–Trinajstić information content (AvgIpc) is 3.25. The van der Waals surface area contributed by atoms with Crippen LogP contribution in [0, 0.1) is 23.1 Å². The topological polar surface area (TPSA) is 60.7 Å². The van der Waals surface area contributed by atoms with Crippen LogP contribution in [0.3, 0.4) is 0 Å². The van der Waals surface area contributed by atoms with Crippen molar-refractivity contribution in [2.45, 2.75) is 58.1 Å². The normalized spacial score (nSPS) is 19.0. The van der Waals surface area contributed by atoms with E-state index in [1.165, 1.54) is 37.8 Å². The van der Waals surface area contributed by atoms with Crippen molar-refractivity contribution in [1.82, 2.24) is 10.2 Å². The second-order valence-electron chi connectivity index (χ2n) is 7.76. The minimum Gasteiger partial charge on any atom is -0.378 e. The van der Waals surface area contributed by atoms with E-state index in [1.54, 1.807) is 6.07 Å². The third-order valence-corrected chi connectivity index (χ3v) is 5.69. The monoisotopic (exact) mass is 386 g/mol. The lowest BCUT2D eigenvalue weighted by atomic mass is 10.1. The maximum Gasteiger partial charge on any atom is 0.194 e. The van der Waals surface area contributed by atoms with Crippen LogP contribution in [-0.2, 0) is 11.3 Å². The zero-order valence-electron chi connectivity index (χ0n) is 16.8. The van der Waals surface area contributed by atoms with Crippen molar-refractivity contribution in [3.63, 3.8) is 0 Å². The van der Waals surface area contributed by atoms with Crippen LogP contribution in [0.1, 0.15) is 56.6 Å². The highest BCUT2D eigenvalue weighted by atomic mass is 19.1. The zero-order chi connectivity index (χ0) is 19.8. The third-order valence-electron chi connectivity index (χ3n) is 5.69. The Bertz CT molecular complexity index is 701. The van der Waals surface area contributed by atoms with E-state index in [0.29, 0.717) is 17.2 Å². The summed E-state index contributed by atoms with van der Waals surface area (Å²) in [5, 5.41) is 12.3. The van der Waals surface area contributed by atoms with Crippen LogP contribution >= 0.6 is 0 Å². The number of benzene rings is 1. The molecule has 2 aliphatic rings. The molecule has 1 saturated heterocycles. The van der Waals surface area contributed by atoms with Gasteiger partial charge in [0.05, 0.1) is 24.3 Å². The van der Waals surface area contributed by atoms with Gasteiger partial charge in [0.1, 0.15) is 5.82 Å². The predicted molar refractivity (Wildman–Crippen MR) is 108 cm³/mol. The molecule has 1 aromatic carbocycles. The molecule has 5 nitrogen and oxygen atoms in total. The Hall–Kier alpha value is -2.13. The maximum absolute atomic E-state index is 14.0. The summed E-state index contributed by atoms with van der Waals surface area (Å²) in [6.07, 6.45) is 7.67. The number of halogens is 1. The molecule has 3 rings (SSSR count). The summed E-state index contributed by atoms with van der Waals surface area (Å²) >= 11 is 0. The lowest BCUT2D eigenvalue weighted by Gasteiger charge is -2.34. The molecule has 1 N–H and O–H groups in total. The summed E-state index contributed by atoms with van der Waals surface area (Å²) < 4.78 is 20.2. The molecule has 1 aromatic rings. The molecule has 1 saturated carbocycles. The summed E-state index contributed by atoms with van der Waals surface area (Å²) in [7, 11) is 0. The van der Waals surface area contributed by atoms with Crippen molar-refractivity contribution in [3.05, 3.63) is 35.1 Å². The van der Waals surface area contributed by atoms with E-state index >= 15 is 0 Å². The van der Waals surface area contributed by atoms with Crippen molar-refractivity contribution in [2.75, 3.05) is 26.2 Å². The van der Waals surface area contributed by atoms with Gasteiger partial charge in [-0.25, -0.2) is 9.38 Å². The molecule has 1 aliphatic carbocycles. The summed E-state index contributed by atoms with van der Waals surface area (Å²) in [6.45, 7) is 5.71. The fourth-order valence-corrected chi connectivity index (χ4v) is 4.03. The number of aliphatic imine (C=N–C) groups is 1. The van der Waals surface area contributed by atoms with Crippen molar-refractivity contribution in [3.8, 4) is 6.07 Å². The minimum atomic E-state index is -0.322.